The summed E-state index contributed by atoms with van der Waals surface area (Å²) in [6.45, 7) is 6.20. The van der Waals surface area contributed by atoms with E-state index >= 15 is 0 Å². The lowest BCUT2D eigenvalue weighted by molar-refractivity contribution is 0.462. The second-order valence-corrected chi connectivity index (χ2v) is 11.2. The molecule has 2 N–H and O–H groups in total. The van der Waals surface area contributed by atoms with Crippen molar-refractivity contribution in [2.24, 2.45) is 0 Å². The zero-order valence-electron chi connectivity index (χ0n) is 18.8. The summed E-state index contributed by atoms with van der Waals surface area (Å²) in [5, 5.41) is 4.13. The summed E-state index contributed by atoms with van der Waals surface area (Å²) in [6.07, 6.45) is 5.38. The van der Waals surface area contributed by atoms with E-state index in [0.717, 1.165) is 31.2 Å². The van der Waals surface area contributed by atoms with Gasteiger partial charge in [0.2, 0.25) is 0 Å². The van der Waals surface area contributed by atoms with Crippen molar-refractivity contribution in [3.63, 3.8) is 0 Å². The fourth-order valence-corrected chi connectivity index (χ4v) is 5.24. The Morgan fingerprint density at radius 2 is 1.56 bits per heavy atom. The van der Waals surface area contributed by atoms with Crippen LogP contribution in [0.1, 0.15) is 58.4 Å². The molecule has 0 unspecified atom stereocenters. The molecule has 0 amide bonds. The zero-order chi connectivity index (χ0) is 22.9. The maximum absolute atomic E-state index is 13.2. The quantitative estimate of drug-likeness (QED) is 0.487. The van der Waals surface area contributed by atoms with Crippen molar-refractivity contribution in [2.75, 3.05) is 10.0 Å². The van der Waals surface area contributed by atoms with Crippen molar-refractivity contribution in [3.05, 3.63) is 64.5 Å². The van der Waals surface area contributed by atoms with E-state index in [2.05, 4.69) is 30.8 Å². The highest BCUT2D eigenvalue weighted by Gasteiger charge is 2.24. The Labute approximate surface area is 189 Å². The third-order valence-electron chi connectivity index (χ3n) is 6.03. The standard InChI is InChI=1S/C25H30N2O4S/c1-25(2,3)17-13-15-19(16-14-17)32(29,30)27-23-22(26-18-9-5-4-6-10-18)20-11-7-8-12-21(20)31-24(23)28/h7-8,11-16,18,26-27H,4-6,9-10H2,1-3H3. The second kappa shape index (κ2) is 8.62. The summed E-state index contributed by atoms with van der Waals surface area (Å²) in [4.78, 5) is 13.0. The van der Waals surface area contributed by atoms with Crippen molar-refractivity contribution in [1.29, 1.82) is 0 Å². The molecular weight excluding hydrogens is 424 g/mol. The van der Waals surface area contributed by atoms with E-state index in [1.165, 1.54) is 6.42 Å². The van der Waals surface area contributed by atoms with Crippen LogP contribution in [0.4, 0.5) is 11.4 Å². The molecule has 1 aliphatic rings. The van der Waals surface area contributed by atoms with Gasteiger partial charge in [0.05, 0.1) is 10.6 Å². The third kappa shape index (κ3) is 4.67. The highest BCUT2D eigenvalue weighted by molar-refractivity contribution is 7.92. The molecular formula is C25H30N2O4S. The molecule has 1 aliphatic carbocycles. The molecule has 0 bridgehead atoms. The van der Waals surface area contributed by atoms with Gasteiger partial charge in [-0.3, -0.25) is 4.72 Å². The summed E-state index contributed by atoms with van der Waals surface area (Å²) in [5.41, 5.74) is 1.06. The number of nitrogens with one attached hydrogen (secondary N) is 2. The van der Waals surface area contributed by atoms with Gasteiger partial charge >= 0.3 is 5.63 Å². The van der Waals surface area contributed by atoms with Crippen molar-refractivity contribution < 1.29 is 12.8 Å². The molecule has 2 aromatic carbocycles. The normalized spacial score (nSPS) is 15.6. The van der Waals surface area contributed by atoms with Gasteiger partial charge in [-0.1, -0.05) is 64.3 Å². The van der Waals surface area contributed by atoms with E-state index in [4.69, 9.17) is 4.42 Å². The van der Waals surface area contributed by atoms with Gasteiger partial charge < -0.3 is 9.73 Å². The number of rotatable bonds is 5. The summed E-state index contributed by atoms with van der Waals surface area (Å²) >= 11 is 0. The first-order valence-electron chi connectivity index (χ1n) is 11.1. The van der Waals surface area contributed by atoms with Crippen LogP contribution in [0.5, 0.6) is 0 Å². The van der Waals surface area contributed by atoms with Crippen LogP contribution in [-0.4, -0.2) is 14.5 Å². The van der Waals surface area contributed by atoms with E-state index < -0.39 is 15.6 Å². The van der Waals surface area contributed by atoms with Crippen LogP contribution in [0.2, 0.25) is 0 Å². The van der Waals surface area contributed by atoms with Gasteiger partial charge in [-0.25, -0.2) is 13.2 Å². The number of sulfonamides is 1. The largest absolute Gasteiger partial charge is 0.421 e. The minimum Gasteiger partial charge on any atom is -0.421 e. The summed E-state index contributed by atoms with van der Waals surface area (Å²) in [5.74, 6) is 0. The zero-order valence-corrected chi connectivity index (χ0v) is 19.6. The van der Waals surface area contributed by atoms with Crippen LogP contribution in [0.3, 0.4) is 0 Å². The van der Waals surface area contributed by atoms with Gasteiger partial charge in [-0.15, -0.1) is 0 Å². The first-order valence-corrected chi connectivity index (χ1v) is 12.6. The lowest BCUT2D eigenvalue weighted by atomic mass is 9.87. The lowest BCUT2D eigenvalue weighted by Gasteiger charge is -2.25. The molecule has 0 saturated heterocycles. The van der Waals surface area contributed by atoms with Crippen LogP contribution in [0, 0.1) is 0 Å². The van der Waals surface area contributed by atoms with E-state index in [9.17, 15) is 13.2 Å². The molecule has 0 spiro atoms. The molecule has 0 atom stereocenters. The molecule has 6 nitrogen and oxygen atoms in total. The summed E-state index contributed by atoms with van der Waals surface area (Å²) in [6, 6.07) is 14.1. The predicted octanol–water partition coefficient (Wildman–Crippen LogP) is 5.64. The van der Waals surface area contributed by atoms with E-state index in [1.807, 2.05) is 12.1 Å². The molecule has 1 heterocycles. The molecule has 1 aromatic heterocycles. The average Bonchev–Trinajstić information content (AvgIpc) is 2.76. The molecule has 0 aliphatic heterocycles. The minimum absolute atomic E-state index is 0.0748. The Bertz CT molecular complexity index is 1270. The topological polar surface area (TPSA) is 88.4 Å². The second-order valence-electron chi connectivity index (χ2n) is 9.49. The van der Waals surface area contributed by atoms with Crippen LogP contribution < -0.4 is 15.7 Å². The Kier molecular flexibility index (Phi) is 6.03. The highest BCUT2D eigenvalue weighted by atomic mass is 32.2. The van der Waals surface area contributed by atoms with E-state index in [0.29, 0.717) is 16.7 Å². The number of anilines is 2. The third-order valence-corrected chi connectivity index (χ3v) is 7.40. The van der Waals surface area contributed by atoms with Crippen molar-refractivity contribution in [1.82, 2.24) is 0 Å². The Morgan fingerprint density at radius 1 is 0.906 bits per heavy atom. The number of benzene rings is 2. The summed E-state index contributed by atoms with van der Waals surface area (Å²) in [7, 11) is -3.98. The molecule has 1 fully saturated rings. The van der Waals surface area contributed by atoms with Gasteiger partial charge in [0.1, 0.15) is 5.58 Å². The monoisotopic (exact) mass is 454 g/mol. The number of hydrogen-bond donors (Lipinski definition) is 2. The summed E-state index contributed by atoms with van der Waals surface area (Å²) < 4.78 is 34.3. The smallest absolute Gasteiger partial charge is 0.363 e. The molecule has 0 radical (unpaired) electrons. The molecule has 7 heteroatoms. The van der Waals surface area contributed by atoms with Gasteiger partial charge in [0.25, 0.3) is 10.0 Å². The molecule has 1 saturated carbocycles. The SMILES string of the molecule is CC(C)(C)c1ccc(S(=O)(=O)Nc2c(NC3CCCCC3)c3ccccc3oc2=O)cc1. The number of fused-ring (bicyclic) bond motifs is 1. The van der Waals surface area contributed by atoms with E-state index in [1.54, 1.807) is 36.4 Å². The maximum atomic E-state index is 13.2. The van der Waals surface area contributed by atoms with Gasteiger partial charge in [0, 0.05) is 11.4 Å². The predicted molar refractivity (Wildman–Crippen MR) is 129 cm³/mol. The average molecular weight is 455 g/mol. The Balaban J connectivity index is 1.75. The fourth-order valence-electron chi connectivity index (χ4n) is 4.17. The van der Waals surface area contributed by atoms with Gasteiger partial charge in [-0.05, 0) is 48.1 Å². The molecule has 4 rings (SSSR count). The van der Waals surface area contributed by atoms with Crippen molar-refractivity contribution in [3.8, 4) is 0 Å². The van der Waals surface area contributed by atoms with Crippen molar-refractivity contribution in [2.45, 2.75) is 69.2 Å². The van der Waals surface area contributed by atoms with Gasteiger partial charge in [0.15, 0.2) is 5.69 Å². The maximum Gasteiger partial charge on any atom is 0.363 e. The minimum atomic E-state index is -3.98. The van der Waals surface area contributed by atoms with Crippen molar-refractivity contribution >= 4 is 32.4 Å². The van der Waals surface area contributed by atoms with Crippen LogP contribution in [0.15, 0.2) is 62.6 Å². The van der Waals surface area contributed by atoms with Crippen LogP contribution >= 0.6 is 0 Å². The first kappa shape index (κ1) is 22.4. The van der Waals surface area contributed by atoms with E-state index in [-0.39, 0.29) is 22.0 Å². The first-order chi connectivity index (χ1) is 15.1. The lowest BCUT2D eigenvalue weighted by Crippen LogP contribution is -2.26. The molecule has 170 valence electrons. The molecule has 3 aromatic rings. The number of hydrogen-bond acceptors (Lipinski definition) is 5. The van der Waals surface area contributed by atoms with Gasteiger partial charge in [-0.2, -0.15) is 0 Å². The Morgan fingerprint density at radius 3 is 2.22 bits per heavy atom. The number of para-hydroxylation sites is 1. The molecule has 32 heavy (non-hydrogen) atoms. The fraction of sp³-hybridized carbons (Fsp3) is 0.400. The Hall–Kier alpha value is -2.80. The van der Waals surface area contributed by atoms with Crippen LogP contribution in [-0.2, 0) is 15.4 Å². The van der Waals surface area contributed by atoms with Crippen LogP contribution in [0.25, 0.3) is 11.0 Å². The highest BCUT2D eigenvalue weighted by Crippen LogP contribution is 2.33.